The molecule has 1 aromatic carbocycles. The first kappa shape index (κ1) is 12.9. The van der Waals surface area contributed by atoms with E-state index >= 15 is 0 Å². The molecule has 0 unspecified atom stereocenters. The number of amides is 1. The Morgan fingerprint density at radius 2 is 1.78 bits per heavy atom. The van der Waals surface area contributed by atoms with Crippen LogP contribution in [-0.4, -0.2) is 37.1 Å². The molecular formula is C12H12F3NO2. The van der Waals surface area contributed by atoms with Crippen LogP contribution in [0.25, 0.3) is 0 Å². The van der Waals surface area contributed by atoms with E-state index in [-0.39, 0.29) is 5.56 Å². The molecule has 0 N–H and O–H groups in total. The highest BCUT2D eigenvalue weighted by atomic mass is 19.2. The van der Waals surface area contributed by atoms with Gasteiger partial charge in [-0.15, -0.1) is 0 Å². The van der Waals surface area contributed by atoms with Crippen molar-refractivity contribution in [3.05, 3.63) is 35.1 Å². The summed E-state index contributed by atoms with van der Waals surface area (Å²) in [6, 6.07) is 1.43. The summed E-state index contributed by atoms with van der Waals surface area (Å²) in [5, 5.41) is 0. The molecule has 98 valence electrons. The molecule has 6 heteroatoms. The van der Waals surface area contributed by atoms with Crippen LogP contribution in [-0.2, 0) is 4.74 Å². The Morgan fingerprint density at radius 1 is 1.11 bits per heavy atom. The van der Waals surface area contributed by atoms with Gasteiger partial charge in [0.1, 0.15) is 0 Å². The van der Waals surface area contributed by atoms with Gasteiger partial charge in [-0.3, -0.25) is 4.79 Å². The summed E-state index contributed by atoms with van der Waals surface area (Å²) in [6.45, 7) is 1.76. The maximum absolute atomic E-state index is 13.0. The Labute approximate surface area is 102 Å². The monoisotopic (exact) mass is 259 g/mol. The molecule has 1 aliphatic rings. The van der Waals surface area contributed by atoms with E-state index in [4.69, 9.17) is 4.74 Å². The smallest absolute Gasteiger partial charge is 0.254 e. The number of benzene rings is 1. The van der Waals surface area contributed by atoms with Gasteiger partial charge in [0.15, 0.2) is 17.5 Å². The predicted octanol–water partition coefficient (Wildman–Crippen LogP) is 1.97. The number of rotatable bonds is 1. The predicted molar refractivity (Wildman–Crippen MR) is 57.7 cm³/mol. The molecule has 0 saturated carbocycles. The van der Waals surface area contributed by atoms with E-state index in [0.29, 0.717) is 44.9 Å². The molecule has 1 fully saturated rings. The van der Waals surface area contributed by atoms with Crippen LogP contribution in [0.3, 0.4) is 0 Å². The number of ether oxygens (including phenoxy) is 1. The van der Waals surface area contributed by atoms with Crippen LogP contribution in [0.2, 0.25) is 0 Å². The molecule has 1 saturated heterocycles. The first-order chi connectivity index (χ1) is 8.59. The Bertz CT molecular complexity index is 434. The van der Waals surface area contributed by atoms with Gasteiger partial charge in [0.05, 0.1) is 6.61 Å². The zero-order chi connectivity index (χ0) is 13.1. The highest BCUT2D eigenvalue weighted by Crippen LogP contribution is 2.16. The van der Waals surface area contributed by atoms with E-state index < -0.39 is 23.4 Å². The van der Waals surface area contributed by atoms with Crippen molar-refractivity contribution in [2.45, 2.75) is 6.42 Å². The fraction of sp³-hybridized carbons (Fsp3) is 0.417. The summed E-state index contributed by atoms with van der Waals surface area (Å²) in [4.78, 5) is 13.4. The summed E-state index contributed by atoms with van der Waals surface area (Å²) in [7, 11) is 0. The molecule has 3 nitrogen and oxygen atoms in total. The van der Waals surface area contributed by atoms with Crippen LogP contribution < -0.4 is 0 Å². The van der Waals surface area contributed by atoms with Gasteiger partial charge in [-0.1, -0.05) is 0 Å². The molecule has 0 aromatic heterocycles. The standard InChI is InChI=1S/C12H12F3NO2/c13-9-6-8(7-10(14)11(9)15)12(17)16-2-1-4-18-5-3-16/h6-7H,1-5H2. The summed E-state index contributed by atoms with van der Waals surface area (Å²) in [6.07, 6.45) is 0.665. The number of hydrogen-bond acceptors (Lipinski definition) is 2. The van der Waals surface area contributed by atoms with Crippen molar-refractivity contribution in [3.8, 4) is 0 Å². The molecule has 1 aromatic rings. The third-order valence-electron chi connectivity index (χ3n) is 2.74. The van der Waals surface area contributed by atoms with E-state index in [1.807, 2.05) is 0 Å². The number of carbonyl (C=O) groups excluding carboxylic acids is 1. The molecule has 0 atom stereocenters. The molecule has 1 heterocycles. The van der Waals surface area contributed by atoms with Gasteiger partial charge in [-0.05, 0) is 18.6 Å². The number of carbonyl (C=O) groups is 1. The number of hydrogen-bond donors (Lipinski definition) is 0. The van der Waals surface area contributed by atoms with Gasteiger partial charge >= 0.3 is 0 Å². The lowest BCUT2D eigenvalue weighted by molar-refractivity contribution is 0.0740. The van der Waals surface area contributed by atoms with Gasteiger partial charge in [-0.2, -0.15) is 0 Å². The Kier molecular flexibility index (Phi) is 3.86. The first-order valence-electron chi connectivity index (χ1n) is 5.61. The molecule has 0 bridgehead atoms. The van der Waals surface area contributed by atoms with Gasteiger partial charge in [-0.25, -0.2) is 13.2 Å². The van der Waals surface area contributed by atoms with Crippen molar-refractivity contribution < 1.29 is 22.7 Å². The van der Waals surface area contributed by atoms with Gasteiger partial charge < -0.3 is 9.64 Å². The highest BCUT2D eigenvalue weighted by molar-refractivity contribution is 5.94. The van der Waals surface area contributed by atoms with Crippen molar-refractivity contribution in [1.82, 2.24) is 4.90 Å². The molecular weight excluding hydrogens is 247 g/mol. The van der Waals surface area contributed by atoms with Gasteiger partial charge in [0.25, 0.3) is 5.91 Å². The van der Waals surface area contributed by atoms with Crippen LogP contribution in [0.1, 0.15) is 16.8 Å². The van der Waals surface area contributed by atoms with E-state index in [1.165, 1.54) is 4.90 Å². The van der Waals surface area contributed by atoms with Crippen LogP contribution in [0.5, 0.6) is 0 Å². The molecule has 0 radical (unpaired) electrons. The molecule has 1 amide bonds. The summed E-state index contributed by atoms with van der Waals surface area (Å²) >= 11 is 0. The largest absolute Gasteiger partial charge is 0.380 e. The van der Waals surface area contributed by atoms with Crippen LogP contribution in [0.15, 0.2) is 12.1 Å². The number of nitrogens with zero attached hydrogens (tertiary/aromatic N) is 1. The third-order valence-corrected chi connectivity index (χ3v) is 2.74. The normalized spacial score (nSPS) is 16.5. The SMILES string of the molecule is O=C(c1cc(F)c(F)c(F)c1)N1CCCOCC1. The molecule has 1 aliphatic heterocycles. The van der Waals surface area contributed by atoms with Crippen LogP contribution >= 0.6 is 0 Å². The average molecular weight is 259 g/mol. The number of halogens is 3. The van der Waals surface area contributed by atoms with E-state index in [1.54, 1.807) is 0 Å². The fourth-order valence-electron chi connectivity index (χ4n) is 1.81. The van der Waals surface area contributed by atoms with Crippen molar-refractivity contribution in [1.29, 1.82) is 0 Å². The summed E-state index contributed by atoms with van der Waals surface area (Å²) < 4.78 is 44.0. The van der Waals surface area contributed by atoms with Crippen molar-refractivity contribution in [2.24, 2.45) is 0 Å². The highest BCUT2D eigenvalue weighted by Gasteiger charge is 2.20. The lowest BCUT2D eigenvalue weighted by atomic mass is 10.1. The topological polar surface area (TPSA) is 29.5 Å². The van der Waals surface area contributed by atoms with Crippen molar-refractivity contribution in [2.75, 3.05) is 26.3 Å². The minimum atomic E-state index is -1.56. The van der Waals surface area contributed by atoms with E-state index in [2.05, 4.69) is 0 Å². The van der Waals surface area contributed by atoms with E-state index in [0.717, 1.165) is 0 Å². The lowest BCUT2D eigenvalue weighted by Crippen LogP contribution is -2.33. The molecule has 2 rings (SSSR count). The Balaban J connectivity index is 2.22. The van der Waals surface area contributed by atoms with Crippen molar-refractivity contribution in [3.63, 3.8) is 0 Å². The molecule has 0 spiro atoms. The zero-order valence-electron chi connectivity index (χ0n) is 9.59. The lowest BCUT2D eigenvalue weighted by Gasteiger charge is -2.19. The second kappa shape index (κ2) is 5.39. The summed E-state index contributed by atoms with van der Waals surface area (Å²) in [5.41, 5.74) is -0.187. The Hall–Kier alpha value is -1.56. The Morgan fingerprint density at radius 3 is 2.44 bits per heavy atom. The summed E-state index contributed by atoms with van der Waals surface area (Å²) in [5.74, 6) is -4.79. The minimum absolute atomic E-state index is 0.187. The van der Waals surface area contributed by atoms with Crippen LogP contribution in [0.4, 0.5) is 13.2 Å². The second-order valence-electron chi connectivity index (χ2n) is 4.01. The van der Waals surface area contributed by atoms with E-state index in [9.17, 15) is 18.0 Å². The van der Waals surface area contributed by atoms with Crippen molar-refractivity contribution >= 4 is 5.91 Å². The first-order valence-corrected chi connectivity index (χ1v) is 5.61. The minimum Gasteiger partial charge on any atom is -0.380 e. The molecule has 18 heavy (non-hydrogen) atoms. The maximum Gasteiger partial charge on any atom is 0.254 e. The molecule has 0 aliphatic carbocycles. The van der Waals surface area contributed by atoms with Crippen LogP contribution in [0, 0.1) is 17.5 Å². The second-order valence-corrected chi connectivity index (χ2v) is 4.01. The quantitative estimate of drug-likeness (QED) is 0.722. The maximum atomic E-state index is 13.0. The fourth-order valence-corrected chi connectivity index (χ4v) is 1.81. The average Bonchev–Trinajstić information content (AvgIpc) is 2.63. The zero-order valence-corrected chi connectivity index (χ0v) is 9.59. The van der Waals surface area contributed by atoms with Gasteiger partial charge in [0, 0.05) is 25.3 Å². The third kappa shape index (κ3) is 2.64. The van der Waals surface area contributed by atoms with Gasteiger partial charge in [0.2, 0.25) is 0 Å².